The second kappa shape index (κ2) is 32.6. The van der Waals surface area contributed by atoms with Crippen LogP contribution in [0.5, 0.6) is 0 Å². The third-order valence-electron chi connectivity index (χ3n) is 5.04. The summed E-state index contributed by atoms with van der Waals surface area (Å²) >= 11 is 9.55. The van der Waals surface area contributed by atoms with Gasteiger partial charge in [0.05, 0.1) is 31.6 Å². The van der Waals surface area contributed by atoms with Crippen LogP contribution in [0, 0.1) is 11.3 Å². The van der Waals surface area contributed by atoms with Crippen molar-refractivity contribution in [2.75, 3.05) is 0 Å². The summed E-state index contributed by atoms with van der Waals surface area (Å²) in [5.41, 5.74) is 3.04. The van der Waals surface area contributed by atoms with Gasteiger partial charge in [0, 0.05) is 14.7 Å². The SMILES string of the molecule is C/C=C/F.C=CC.CC(/C=C/F)CCCC(C)(C)C.F/C=C/Cl.F/C=C/c1ccc(Br)cc1.F/C=C/c1csc2ccccc12. The number of halogens is 7. The van der Waals surface area contributed by atoms with Crippen LogP contribution in [0.1, 0.15) is 71.9 Å². The second-order valence-corrected chi connectivity index (χ2v) is 12.3. The maximum Gasteiger partial charge on any atom is 0.0979 e. The van der Waals surface area contributed by atoms with Crippen molar-refractivity contribution in [2.45, 2.75) is 60.8 Å². The first-order chi connectivity index (χ1) is 21.4. The minimum absolute atomic E-state index is 0.265. The smallest absolute Gasteiger partial charge is 0.0979 e. The van der Waals surface area contributed by atoms with Crippen LogP contribution in [0.15, 0.2) is 120 Å². The monoisotopic (exact) mass is 732 g/mol. The molecule has 0 radical (unpaired) electrons. The normalized spacial score (nSPS) is 11.5. The molecule has 0 aliphatic carbocycles. The van der Waals surface area contributed by atoms with Crippen molar-refractivity contribution < 1.29 is 22.0 Å². The van der Waals surface area contributed by atoms with Crippen LogP contribution < -0.4 is 0 Å². The Kier molecular flexibility index (Phi) is 33.9. The summed E-state index contributed by atoms with van der Waals surface area (Å²) in [5, 5.41) is 3.08. The van der Waals surface area contributed by atoms with Gasteiger partial charge in [-0.2, -0.15) is 0 Å². The Balaban J connectivity index is -0.000000507. The van der Waals surface area contributed by atoms with Crippen molar-refractivity contribution in [3.05, 3.63) is 132 Å². The number of rotatable bonds is 6. The Morgan fingerprint density at radius 3 is 1.84 bits per heavy atom. The number of hydrogen-bond donors (Lipinski definition) is 0. The van der Waals surface area contributed by atoms with Crippen molar-refractivity contribution >= 4 is 61.1 Å². The third-order valence-corrected chi connectivity index (χ3v) is 6.65. The number of hydrogen-bond acceptors (Lipinski definition) is 1. The summed E-state index contributed by atoms with van der Waals surface area (Å²) in [5.74, 6) is 0.386. The number of benzene rings is 2. The summed E-state index contributed by atoms with van der Waals surface area (Å²) in [6.45, 7) is 15.6. The van der Waals surface area contributed by atoms with Crippen molar-refractivity contribution in [1.82, 2.24) is 0 Å². The average molecular weight is 734 g/mol. The van der Waals surface area contributed by atoms with Gasteiger partial charge in [-0.25, -0.2) is 22.0 Å². The summed E-state index contributed by atoms with van der Waals surface area (Å²) < 4.78 is 58.4. The molecule has 3 rings (SSSR count). The summed E-state index contributed by atoms with van der Waals surface area (Å²) in [6, 6.07) is 15.4. The van der Waals surface area contributed by atoms with E-state index in [0.29, 0.717) is 36.7 Å². The molecular weight excluding hydrogens is 687 g/mol. The highest BCUT2D eigenvalue weighted by Gasteiger charge is 2.09. The number of allylic oxidation sites excluding steroid dienone is 3. The summed E-state index contributed by atoms with van der Waals surface area (Å²) in [7, 11) is 0. The van der Waals surface area contributed by atoms with Crippen LogP contribution in [-0.2, 0) is 0 Å². The predicted molar refractivity (Wildman–Crippen MR) is 197 cm³/mol. The van der Waals surface area contributed by atoms with E-state index in [1.165, 1.54) is 35.8 Å². The highest BCUT2D eigenvalue weighted by atomic mass is 79.9. The zero-order valence-corrected chi connectivity index (χ0v) is 30.2. The molecule has 0 saturated heterocycles. The Labute approximate surface area is 285 Å². The van der Waals surface area contributed by atoms with E-state index in [-0.39, 0.29) is 6.33 Å². The molecule has 3 aromatic rings. The van der Waals surface area contributed by atoms with Gasteiger partial charge < -0.3 is 0 Å². The molecule has 45 heavy (non-hydrogen) atoms. The first kappa shape index (κ1) is 46.7. The van der Waals surface area contributed by atoms with Gasteiger partial charge in [0.25, 0.3) is 0 Å². The van der Waals surface area contributed by atoms with Crippen LogP contribution in [0.25, 0.3) is 22.2 Å². The average Bonchev–Trinajstić information content (AvgIpc) is 3.42. The molecule has 8 heteroatoms. The van der Waals surface area contributed by atoms with Crippen LogP contribution in [0.3, 0.4) is 0 Å². The van der Waals surface area contributed by atoms with E-state index in [0.717, 1.165) is 32.9 Å². The molecule has 1 aromatic heterocycles. The zero-order valence-electron chi connectivity index (χ0n) is 27.0. The Morgan fingerprint density at radius 1 is 0.867 bits per heavy atom. The van der Waals surface area contributed by atoms with Crippen molar-refractivity contribution in [1.29, 1.82) is 0 Å². The summed E-state index contributed by atoms with van der Waals surface area (Å²) in [4.78, 5) is 0. The van der Waals surface area contributed by atoms with E-state index in [1.54, 1.807) is 30.4 Å². The molecule has 1 heterocycles. The fourth-order valence-electron chi connectivity index (χ4n) is 3.02. The van der Waals surface area contributed by atoms with Crippen LogP contribution in [0.2, 0.25) is 0 Å². The predicted octanol–water partition coefficient (Wildman–Crippen LogP) is 15.9. The van der Waals surface area contributed by atoms with Gasteiger partial charge in [-0.15, -0.1) is 17.9 Å². The van der Waals surface area contributed by atoms with Crippen LogP contribution in [-0.4, -0.2) is 0 Å². The maximum atomic E-state index is 11.9. The minimum atomic E-state index is 0.265. The standard InChI is InChI=1S/C11H21F.C10H7FS.C8H6BrF.C3H5F.C3H6.C2H2ClF/c1-10(7-9-12)6-5-8-11(2,3)4;11-6-5-8-7-12-10-4-2-1-3-9(8)10;9-8-3-1-7(2-4-8)5-6-10;1-2-3-4;1-3-2;3-1-2-4/h7,9-10H,5-6,8H2,1-4H3;1-7H;1-6H;2-3H,1H3;3H,1H2,2H3;1-2H/b9-7+;2*6-5+;3-2+;;2-1+. The zero-order chi connectivity index (χ0) is 34.9. The highest BCUT2D eigenvalue weighted by molar-refractivity contribution is 9.10. The molecule has 0 nitrogen and oxygen atoms in total. The molecule has 1 unspecified atom stereocenters. The van der Waals surface area contributed by atoms with Gasteiger partial charge in [0.2, 0.25) is 0 Å². The molecule has 0 amide bonds. The summed E-state index contributed by atoms with van der Waals surface area (Å²) in [6.07, 6.45) is 13.6. The Hall–Kier alpha value is -2.74. The van der Waals surface area contributed by atoms with Gasteiger partial charge >= 0.3 is 0 Å². The van der Waals surface area contributed by atoms with E-state index in [4.69, 9.17) is 0 Å². The lowest BCUT2D eigenvalue weighted by atomic mass is 9.88. The van der Waals surface area contributed by atoms with Gasteiger partial charge in [-0.1, -0.05) is 110 Å². The number of thiophene rings is 1. The molecule has 0 saturated carbocycles. The van der Waals surface area contributed by atoms with Gasteiger partial charge in [0.15, 0.2) is 0 Å². The minimum Gasteiger partial charge on any atom is -0.216 e. The molecule has 250 valence electrons. The van der Waals surface area contributed by atoms with E-state index >= 15 is 0 Å². The third kappa shape index (κ3) is 31.0. The van der Waals surface area contributed by atoms with E-state index in [2.05, 4.69) is 61.8 Å². The fourth-order valence-corrected chi connectivity index (χ4v) is 4.21. The van der Waals surface area contributed by atoms with Crippen LogP contribution in [0.4, 0.5) is 22.0 Å². The first-order valence-corrected chi connectivity index (χ1v) is 16.2. The van der Waals surface area contributed by atoms with E-state index in [1.807, 2.05) is 60.8 Å². The lowest BCUT2D eigenvalue weighted by molar-refractivity contribution is 0.351. The van der Waals surface area contributed by atoms with Gasteiger partial charge in [-0.3, -0.25) is 0 Å². The van der Waals surface area contributed by atoms with Gasteiger partial charge in [-0.05, 0) is 90.3 Å². The largest absolute Gasteiger partial charge is 0.216 e. The van der Waals surface area contributed by atoms with Crippen molar-refractivity contribution in [3.63, 3.8) is 0 Å². The lowest BCUT2D eigenvalue weighted by Crippen LogP contribution is -2.05. The molecule has 0 aliphatic rings. The van der Waals surface area contributed by atoms with Crippen molar-refractivity contribution in [3.8, 4) is 0 Å². The molecule has 0 spiro atoms. The Morgan fingerprint density at radius 2 is 1.40 bits per heavy atom. The molecule has 0 N–H and O–H groups in total. The first-order valence-electron chi connectivity index (χ1n) is 14.1. The molecule has 0 fully saturated rings. The van der Waals surface area contributed by atoms with E-state index in [9.17, 15) is 22.0 Å². The van der Waals surface area contributed by atoms with E-state index < -0.39 is 0 Å². The molecule has 1 atom stereocenters. The molecular formula is C37H47BrClF5S. The lowest BCUT2D eigenvalue weighted by Gasteiger charge is -2.18. The molecule has 0 aliphatic heterocycles. The number of fused-ring (bicyclic) bond motifs is 1. The molecule has 2 aromatic carbocycles. The van der Waals surface area contributed by atoms with Gasteiger partial charge in [0.1, 0.15) is 0 Å². The second-order valence-electron chi connectivity index (χ2n) is 10.2. The topological polar surface area (TPSA) is 0 Å². The molecule has 0 bridgehead atoms. The maximum absolute atomic E-state index is 11.9. The van der Waals surface area contributed by atoms with Crippen LogP contribution >= 0.6 is 38.9 Å². The highest BCUT2D eigenvalue weighted by Crippen LogP contribution is 2.26. The van der Waals surface area contributed by atoms with Crippen molar-refractivity contribution in [2.24, 2.45) is 11.3 Å². The fraction of sp³-hybridized carbons (Fsp3) is 0.297. The Bertz CT molecular complexity index is 1220. The quantitative estimate of drug-likeness (QED) is 0.175.